The molecular weight excluding hydrogens is 488 g/mol. The number of methoxy groups -OCH3 is 1. The van der Waals surface area contributed by atoms with E-state index in [9.17, 15) is 14.4 Å². The molecule has 3 aliphatic rings. The van der Waals surface area contributed by atoms with Crippen LogP contribution >= 0.6 is 11.6 Å². The smallest absolute Gasteiger partial charge is 0.308 e. The molecule has 2 aliphatic carbocycles. The fourth-order valence-corrected chi connectivity index (χ4v) is 6.21. The Morgan fingerprint density at radius 2 is 1.46 bits per heavy atom. The number of amides is 2. The first-order valence-corrected chi connectivity index (χ1v) is 13.8. The van der Waals surface area contributed by atoms with Crippen LogP contribution in [0.3, 0.4) is 0 Å². The first-order valence-electron chi connectivity index (χ1n) is 13.4. The Balaban J connectivity index is 1.11. The van der Waals surface area contributed by atoms with Crippen molar-refractivity contribution in [1.29, 1.82) is 0 Å². The number of rotatable bonds is 6. The Labute approximate surface area is 223 Å². The van der Waals surface area contributed by atoms with Gasteiger partial charge in [0.15, 0.2) is 0 Å². The predicted molar refractivity (Wildman–Crippen MR) is 143 cm³/mol. The number of piperidine rings is 1. The van der Waals surface area contributed by atoms with Crippen molar-refractivity contribution in [2.45, 2.75) is 62.7 Å². The second kappa shape index (κ2) is 10.9. The summed E-state index contributed by atoms with van der Waals surface area (Å²) in [6.07, 6.45) is 6.52. The highest BCUT2D eigenvalue weighted by atomic mass is 35.5. The molecule has 0 unspecified atom stereocenters. The van der Waals surface area contributed by atoms with E-state index < -0.39 is 0 Å². The minimum atomic E-state index is -0.351. The van der Waals surface area contributed by atoms with Crippen molar-refractivity contribution in [3.05, 3.63) is 64.7 Å². The quantitative estimate of drug-likeness (QED) is 0.494. The summed E-state index contributed by atoms with van der Waals surface area (Å²) in [6.45, 7) is 1.54. The van der Waals surface area contributed by atoms with Gasteiger partial charge in [0.05, 0.1) is 18.4 Å². The standard InChI is InChI=1S/C30H35ClN2O4/c1-37-28(35)23-4-2-22(3-5-23)27(34)32-26-12-6-20(7-13-26)21-14-18-33(19-15-21)29(36)30(16-17-30)24-8-10-25(31)11-9-24/h6-13,21-23H,2-5,14-19H2,1H3,(H,32,34). The molecule has 2 saturated carbocycles. The van der Waals surface area contributed by atoms with E-state index in [4.69, 9.17) is 16.3 Å². The molecule has 0 aromatic heterocycles. The number of ether oxygens (including phenoxy) is 1. The molecule has 0 atom stereocenters. The topological polar surface area (TPSA) is 75.7 Å². The van der Waals surface area contributed by atoms with Crippen LogP contribution in [-0.4, -0.2) is 42.9 Å². The molecule has 1 N–H and O–H groups in total. The van der Waals surface area contributed by atoms with Gasteiger partial charge < -0.3 is 15.0 Å². The van der Waals surface area contributed by atoms with Crippen molar-refractivity contribution < 1.29 is 19.1 Å². The van der Waals surface area contributed by atoms with Crippen molar-refractivity contribution in [3.63, 3.8) is 0 Å². The number of esters is 1. The predicted octanol–water partition coefficient (Wildman–Crippen LogP) is 5.70. The lowest BCUT2D eigenvalue weighted by molar-refractivity contribution is -0.147. The number of nitrogens with zero attached hydrogens (tertiary/aromatic N) is 1. The van der Waals surface area contributed by atoms with E-state index in [1.54, 1.807) is 0 Å². The lowest BCUT2D eigenvalue weighted by atomic mass is 9.81. The Bertz CT molecular complexity index is 1130. The number of halogens is 1. The van der Waals surface area contributed by atoms with Crippen LogP contribution in [0.1, 0.15) is 68.4 Å². The number of benzene rings is 2. The zero-order chi connectivity index (χ0) is 26.0. The van der Waals surface area contributed by atoms with Crippen molar-refractivity contribution in [3.8, 4) is 0 Å². The molecule has 0 bridgehead atoms. The van der Waals surface area contributed by atoms with Crippen molar-refractivity contribution >= 4 is 35.1 Å². The third-order valence-corrected chi connectivity index (χ3v) is 8.87. The fraction of sp³-hybridized carbons (Fsp3) is 0.500. The third kappa shape index (κ3) is 5.54. The van der Waals surface area contributed by atoms with Gasteiger partial charge in [-0.1, -0.05) is 35.9 Å². The van der Waals surface area contributed by atoms with Gasteiger partial charge in [0, 0.05) is 29.7 Å². The Morgan fingerprint density at radius 3 is 2.03 bits per heavy atom. The summed E-state index contributed by atoms with van der Waals surface area (Å²) in [5.41, 5.74) is 2.78. The minimum Gasteiger partial charge on any atom is -0.469 e. The van der Waals surface area contributed by atoms with Crippen LogP contribution in [0, 0.1) is 11.8 Å². The molecular formula is C30H35ClN2O4. The zero-order valence-electron chi connectivity index (χ0n) is 21.4. The highest BCUT2D eigenvalue weighted by Crippen LogP contribution is 2.50. The number of hydrogen-bond donors (Lipinski definition) is 1. The summed E-state index contributed by atoms with van der Waals surface area (Å²) in [5, 5.41) is 3.74. The summed E-state index contributed by atoms with van der Waals surface area (Å²) < 4.78 is 4.84. The number of nitrogens with one attached hydrogen (secondary N) is 1. The van der Waals surface area contributed by atoms with E-state index in [0.717, 1.165) is 50.0 Å². The molecule has 37 heavy (non-hydrogen) atoms. The molecule has 3 fully saturated rings. The number of hydrogen-bond acceptors (Lipinski definition) is 4. The van der Waals surface area contributed by atoms with E-state index in [2.05, 4.69) is 17.4 Å². The van der Waals surface area contributed by atoms with Gasteiger partial charge in [-0.15, -0.1) is 0 Å². The van der Waals surface area contributed by atoms with E-state index in [1.165, 1.54) is 12.7 Å². The van der Waals surface area contributed by atoms with Gasteiger partial charge >= 0.3 is 5.97 Å². The third-order valence-electron chi connectivity index (χ3n) is 8.62. The molecule has 0 spiro atoms. The SMILES string of the molecule is COC(=O)C1CCC(C(=O)Nc2ccc(C3CCN(C(=O)C4(c5ccc(Cl)cc5)CC4)CC3)cc2)CC1. The number of likely N-dealkylation sites (tertiary alicyclic amines) is 1. The maximum atomic E-state index is 13.4. The molecule has 196 valence electrons. The van der Waals surface area contributed by atoms with Gasteiger partial charge in [-0.25, -0.2) is 0 Å². The average molecular weight is 523 g/mol. The van der Waals surface area contributed by atoms with E-state index in [1.807, 2.05) is 41.3 Å². The fourth-order valence-electron chi connectivity index (χ4n) is 6.08. The first kappa shape index (κ1) is 25.8. The first-order chi connectivity index (χ1) is 17.9. The Hall–Kier alpha value is -2.86. The summed E-state index contributed by atoms with van der Waals surface area (Å²) in [4.78, 5) is 39.9. The average Bonchev–Trinajstić information content (AvgIpc) is 3.75. The van der Waals surface area contributed by atoms with Crippen LogP contribution in [0.5, 0.6) is 0 Å². The van der Waals surface area contributed by atoms with Gasteiger partial charge in [-0.2, -0.15) is 0 Å². The molecule has 5 rings (SSSR count). The van der Waals surface area contributed by atoms with E-state index in [-0.39, 0.29) is 35.0 Å². The highest BCUT2D eigenvalue weighted by molar-refractivity contribution is 6.30. The molecule has 7 heteroatoms. The summed E-state index contributed by atoms with van der Waals surface area (Å²) >= 11 is 6.04. The molecule has 1 heterocycles. The van der Waals surface area contributed by atoms with Crippen molar-refractivity contribution in [2.75, 3.05) is 25.5 Å². The van der Waals surface area contributed by atoms with Gasteiger partial charge in [-0.05, 0) is 92.7 Å². The normalized spacial score (nSPS) is 23.2. The largest absolute Gasteiger partial charge is 0.469 e. The molecule has 2 amide bonds. The van der Waals surface area contributed by atoms with Crippen molar-refractivity contribution in [2.24, 2.45) is 11.8 Å². The van der Waals surface area contributed by atoms with Gasteiger partial charge in [0.25, 0.3) is 0 Å². The lowest BCUT2D eigenvalue weighted by Gasteiger charge is -2.35. The Kier molecular flexibility index (Phi) is 7.57. The molecule has 2 aromatic rings. The lowest BCUT2D eigenvalue weighted by Crippen LogP contribution is -2.43. The summed E-state index contributed by atoms with van der Waals surface area (Å²) in [7, 11) is 1.42. The van der Waals surface area contributed by atoms with Crippen molar-refractivity contribution in [1.82, 2.24) is 4.90 Å². The molecule has 1 saturated heterocycles. The van der Waals surface area contributed by atoms with Crippen LogP contribution in [0.2, 0.25) is 5.02 Å². The zero-order valence-corrected chi connectivity index (χ0v) is 22.1. The maximum absolute atomic E-state index is 13.4. The second-order valence-corrected chi connectivity index (χ2v) is 11.3. The number of anilines is 1. The molecule has 6 nitrogen and oxygen atoms in total. The van der Waals surface area contributed by atoms with Crippen LogP contribution in [0.4, 0.5) is 5.69 Å². The minimum absolute atomic E-state index is 0.0255. The van der Waals surface area contributed by atoms with Crippen LogP contribution < -0.4 is 5.32 Å². The van der Waals surface area contributed by atoms with Gasteiger partial charge in [0.1, 0.15) is 0 Å². The van der Waals surface area contributed by atoms with Crippen LogP contribution in [0.25, 0.3) is 0 Å². The summed E-state index contributed by atoms with van der Waals surface area (Å²) in [5.74, 6) is 0.378. The Morgan fingerprint density at radius 1 is 0.865 bits per heavy atom. The highest BCUT2D eigenvalue weighted by Gasteiger charge is 2.53. The van der Waals surface area contributed by atoms with Crippen LogP contribution in [-0.2, 0) is 24.5 Å². The number of carbonyl (C=O) groups is 3. The molecule has 2 aromatic carbocycles. The molecule has 0 radical (unpaired) electrons. The van der Waals surface area contributed by atoms with E-state index in [0.29, 0.717) is 36.6 Å². The number of carbonyl (C=O) groups excluding carboxylic acids is 3. The van der Waals surface area contributed by atoms with E-state index >= 15 is 0 Å². The second-order valence-electron chi connectivity index (χ2n) is 10.8. The monoisotopic (exact) mass is 522 g/mol. The molecule has 1 aliphatic heterocycles. The van der Waals surface area contributed by atoms with Gasteiger partial charge in [0.2, 0.25) is 11.8 Å². The van der Waals surface area contributed by atoms with Gasteiger partial charge in [-0.3, -0.25) is 14.4 Å². The van der Waals surface area contributed by atoms with Crippen LogP contribution in [0.15, 0.2) is 48.5 Å². The maximum Gasteiger partial charge on any atom is 0.308 e. The summed E-state index contributed by atoms with van der Waals surface area (Å²) in [6, 6.07) is 15.9.